The highest BCUT2D eigenvalue weighted by molar-refractivity contribution is 5.80. The van der Waals surface area contributed by atoms with Gasteiger partial charge < -0.3 is 15.2 Å². The molecule has 0 aliphatic heterocycles. The van der Waals surface area contributed by atoms with Crippen molar-refractivity contribution in [2.24, 2.45) is 11.8 Å². The maximum atomic E-state index is 12.6. The highest BCUT2D eigenvalue weighted by atomic mass is 19.4. The predicted molar refractivity (Wildman–Crippen MR) is 72.3 cm³/mol. The molecule has 1 atom stereocenters. The minimum Gasteiger partial charge on any atom is -0.480 e. The Hall–Kier alpha value is -1.47. The summed E-state index contributed by atoms with van der Waals surface area (Å²) in [6, 6.07) is -1.23. The predicted octanol–water partition coefficient (Wildman–Crippen LogP) is 3.33. The maximum absolute atomic E-state index is 12.6. The molecular weight excluding hydrogens is 303 g/mol. The number of carboxylic acids is 1. The summed E-state index contributed by atoms with van der Waals surface area (Å²) in [5.74, 6) is -3.18. The van der Waals surface area contributed by atoms with Crippen LogP contribution in [0.1, 0.15) is 46.5 Å². The van der Waals surface area contributed by atoms with Gasteiger partial charge >= 0.3 is 18.2 Å². The molecule has 1 aliphatic carbocycles. The molecule has 0 saturated heterocycles. The normalized spacial score (nSPS) is 24.5. The van der Waals surface area contributed by atoms with Crippen molar-refractivity contribution in [3.05, 3.63) is 0 Å². The molecule has 0 bridgehead atoms. The molecule has 0 aromatic rings. The number of alkyl carbamates (subject to hydrolysis) is 1. The van der Waals surface area contributed by atoms with Gasteiger partial charge in [-0.1, -0.05) is 0 Å². The Labute approximate surface area is 127 Å². The van der Waals surface area contributed by atoms with Gasteiger partial charge in [-0.25, -0.2) is 9.59 Å². The molecule has 1 fully saturated rings. The van der Waals surface area contributed by atoms with E-state index < -0.39 is 41.7 Å². The van der Waals surface area contributed by atoms with Crippen molar-refractivity contribution in [2.75, 3.05) is 0 Å². The molecule has 1 rings (SSSR count). The van der Waals surface area contributed by atoms with Crippen LogP contribution < -0.4 is 5.32 Å². The van der Waals surface area contributed by atoms with E-state index in [0.717, 1.165) is 0 Å². The number of alkyl halides is 3. The van der Waals surface area contributed by atoms with Crippen LogP contribution in [0.5, 0.6) is 0 Å². The molecule has 1 aliphatic rings. The van der Waals surface area contributed by atoms with Crippen molar-refractivity contribution in [1.82, 2.24) is 5.32 Å². The lowest BCUT2D eigenvalue weighted by molar-refractivity contribution is -0.184. The average molecular weight is 325 g/mol. The first-order valence-electron chi connectivity index (χ1n) is 7.19. The Morgan fingerprint density at radius 2 is 1.64 bits per heavy atom. The van der Waals surface area contributed by atoms with Gasteiger partial charge in [0.1, 0.15) is 11.6 Å². The molecule has 0 aromatic heterocycles. The summed E-state index contributed by atoms with van der Waals surface area (Å²) in [4.78, 5) is 22.9. The zero-order valence-corrected chi connectivity index (χ0v) is 12.9. The minimum atomic E-state index is -4.25. The number of carbonyl (C=O) groups excluding carboxylic acids is 1. The van der Waals surface area contributed by atoms with Gasteiger partial charge in [-0.2, -0.15) is 13.2 Å². The van der Waals surface area contributed by atoms with E-state index in [2.05, 4.69) is 5.32 Å². The lowest BCUT2D eigenvalue weighted by Crippen LogP contribution is -2.49. The Morgan fingerprint density at radius 1 is 1.14 bits per heavy atom. The van der Waals surface area contributed by atoms with E-state index in [1.807, 2.05) is 0 Å². The molecule has 1 amide bonds. The fraction of sp³-hybridized carbons (Fsp3) is 0.857. The van der Waals surface area contributed by atoms with Crippen LogP contribution in [0.4, 0.5) is 18.0 Å². The maximum Gasteiger partial charge on any atom is 0.408 e. The lowest BCUT2D eigenvalue weighted by atomic mass is 9.78. The van der Waals surface area contributed by atoms with E-state index in [9.17, 15) is 27.9 Å². The SMILES string of the molecule is CC(C)(C)OC(=O)N[C@@H](C(=O)O)C1CCC(C(F)(F)F)CC1. The van der Waals surface area contributed by atoms with E-state index in [1.165, 1.54) is 0 Å². The largest absolute Gasteiger partial charge is 0.480 e. The first-order valence-corrected chi connectivity index (χ1v) is 7.19. The second-order valence-electron chi connectivity index (χ2n) is 6.62. The monoisotopic (exact) mass is 325 g/mol. The Bertz CT molecular complexity index is 409. The highest BCUT2D eigenvalue weighted by Gasteiger charge is 2.44. The molecule has 0 radical (unpaired) electrons. The molecule has 0 heterocycles. The van der Waals surface area contributed by atoms with Crippen LogP contribution in [0.3, 0.4) is 0 Å². The number of nitrogens with one attached hydrogen (secondary N) is 1. The third kappa shape index (κ3) is 5.73. The van der Waals surface area contributed by atoms with Gasteiger partial charge in [0.05, 0.1) is 5.92 Å². The number of halogens is 3. The molecule has 0 spiro atoms. The fourth-order valence-corrected chi connectivity index (χ4v) is 2.60. The number of aliphatic carboxylic acids is 1. The fourth-order valence-electron chi connectivity index (χ4n) is 2.60. The van der Waals surface area contributed by atoms with Gasteiger partial charge in [0.15, 0.2) is 0 Å². The third-order valence-electron chi connectivity index (χ3n) is 3.64. The van der Waals surface area contributed by atoms with E-state index in [-0.39, 0.29) is 25.7 Å². The first-order chi connectivity index (χ1) is 9.90. The summed E-state index contributed by atoms with van der Waals surface area (Å²) in [6.45, 7) is 4.91. The summed E-state index contributed by atoms with van der Waals surface area (Å²) in [5.41, 5.74) is -0.777. The van der Waals surface area contributed by atoms with E-state index >= 15 is 0 Å². The standard InChI is InChI=1S/C14H22F3NO4/c1-13(2,3)22-12(21)18-10(11(19)20)8-4-6-9(7-5-8)14(15,16)17/h8-10H,4-7H2,1-3H3,(H,18,21)(H,19,20)/t8?,9?,10-/m1/s1. The zero-order valence-electron chi connectivity index (χ0n) is 12.9. The summed E-state index contributed by atoms with van der Waals surface area (Å²) in [5, 5.41) is 11.5. The van der Waals surface area contributed by atoms with Crippen LogP contribution in [-0.4, -0.2) is 35.0 Å². The quantitative estimate of drug-likeness (QED) is 0.834. The molecule has 1 saturated carbocycles. The molecule has 22 heavy (non-hydrogen) atoms. The molecule has 0 aromatic carbocycles. The van der Waals surface area contributed by atoms with Crippen LogP contribution in [0.25, 0.3) is 0 Å². The number of rotatable bonds is 3. The van der Waals surface area contributed by atoms with Crippen LogP contribution >= 0.6 is 0 Å². The van der Waals surface area contributed by atoms with E-state index in [1.54, 1.807) is 20.8 Å². The Kier molecular flexibility index (Phi) is 5.70. The van der Waals surface area contributed by atoms with Crippen molar-refractivity contribution in [3.8, 4) is 0 Å². The van der Waals surface area contributed by atoms with Crippen LogP contribution in [0, 0.1) is 11.8 Å². The number of hydrogen-bond acceptors (Lipinski definition) is 3. The zero-order chi connectivity index (χ0) is 17.1. The van der Waals surface area contributed by atoms with Gasteiger partial charge in [0.25, 0.3) is 0 Å². The molecule has 128 valence electrons. The summed E-state index contributed by atoms with van der Waals surface area (Å²) in [6.07, 6.45) is -5.14. The van der Waals surface area contributed by atoms with Gasteiger partial charge in [-0.3, -0.25) is 0 Å². The topological polar surface area (TPSA) is 75.6 Å². The van der Waals surface area contributed by atoms with Crippen molar-refractivity contribution in [3.63, 3.8) is 0 Å². The Balaban J connectivity index is 2.63. The number of hydrogen-bond donors (Lipinski definition) is 2. The Morgan fingerprint density at radius 3 is 2.00 bits per heavy atom. The first kappa shape index (κ1) is 18.6. The molecular formula is C14H22F3NO4. The van der Waals surface area contributed by atoms with Gasteiger partial charge in [0.2, 0.25) is 0 Å². The number of amides is 1. The van der Waals surface area contributed by atoms with Gasteiger partial charge in [-0.15, -0.1) is 0 Å². The third-order valence-corrected chi connectivity index (χ3v) is 3.64. The molecule has 0 unspecified atom stereocenters. The van der Waals surface area contributed by atoms with E-state index in [0.29, 0.717) is 0 Å². The van der Waals surface area contributed by atoms with Crippen LogP contribution in [-0.2, 0) is 9.53 Å². The van der Waals surface area contributed by atoms with Crippen molar-refractivity contribution < 1.29 is 32.6 Å². The van der Waals surface area contributed by atoms with Crippen LogP contribution in [0.2, 0.25) is 0 Å². The highest BCUT2D eigenvalue weighted by Crippen LogP contribution is 2.40. The second-order valence-corrected chi connectivity index (χ2v) is 6.62. The van der Waals surface area contributed by atoms with Crippen molar-refractivity contribution in [2.45, 2.75) is 64.3 Å². The second kappa shape index (κ2) is 6.75. The number of ether oxygens (including phenoxy) is 1. The summed E-state index contributed by atoms with van der Waals surface area (Å²) < 4.78 is 42.8. The smallest absolute Gasteiger partial charge is 0.408 e. The molecule has 8 heteroatoms. The number of carboxylic acid groups (broad SMARTS) is 1. The van der Waals surface area contributed by atoms with Crippen LogP contribution in [0.15, 0.2) is 0 Å². The van der Waals surface area contributed by atoms with Crippen molar-refractivity contribution >= 4 is 12.1 Å². The van der Waals surface area contributed by atoms with Crippen molar-refractivity contribution in [1.29, 1.82) is 0 Å². The van der Waals surface area contributed by atoms with E-state index in [4.69, 9.17) is 4.74 Å². The van der Waals surface area contributed by atoms with Gasteiger partial charge in [0, 0.05) is 0 Å². The lowest BCUT2D eigenvalue weighted by Gasteiger charge is -2.33. The minimum absolute atomic E-state index is 0.108. The molecule has 2 N–H and O–H groups in total. The summed E-state index contributed by atoms with van der Waals surface area (Å²) >= 11 is 0. The molecule has 5 nitrogen and oxygen atoms in total. The average Bonchev–Trinajstić information content (AvgIpc) is 2.32. The number of carbonyl (C=O) groups is 2. The van der Waals surface area contributed by atoms with Gasteiger partial charge in [-0.05, 0) is 52.4 Å². The summed E-state index contributed by atoms with van der Waals surface area (Å²) in [7, 11) is 0.